The van der Waals surface area contributed by atoms with Crippen molar-refractivity contribution in [2.45, 2.75) is 30.5 Å². The number of rotatable bonds is 3. The molecule has 0 spiro atoms. The molecule has 0 aliphatic heterocycles. The van der Waals surface area contributed by atoms with E-state index < -0.39 is 0 Å². The molecule has 0 aliphatic rings. The molecule has 0 saturated carbocycles. The van der Waals surface area contributed by atoms with E-state index in [1.807, 2.05) is 6.07 Å². The number of nitrogens with zero attached hydrogens (tertiary/aromatic N) is 2. The molecule has 0 aromatic carbocycles. The minimum Gasteiger partial charge on any atom is -0.226 e. The van der Waals surface area contributed by atoms with Crippen LogP contribution in [0.4, 0.5) is 0 Å². The van der Waals surface area contributed by atoms with Crippen LogP contribution in [0, 0.1) is 0 Å². The summed E-state index contributed by atoms with van der Waals surface area (Å²) in [5.74, 6) is 0. The smallest absolute Gasteiger partial charge is 0.223 e. The summed E-state index contributed by atoms with van der Waals surface area (Å²) in [6.07, 6.45) is 2.81. The van der Waals surface area contributed by atoms with Crippen molar-refractivity contribution < 1.29 is 0 Å². The fourth-order valence-electron chi connectivity index (χ4n) is 0.675. The molecule has 1 aromatic rings. The average Bonchev–Trinajstić information content (AvgIpc) is 2.04. The number of halogens is 1. The van der Waals surface area contributed by atoms with Gasteiger partial charge >= 0.3 is 0 Å². The highest BCUT2D eigenvalue weighted by atomic mass is 35.5. The maximum Gasteiger partial charge on any atom is 0.223 e. The monoisotopic (exact) mass is 202 g/mol. The fraction of sp³-hybridized carbons (Fsp3) is 0.500. The van der Waals surface area contributed by atoms with Gasteiger partial charge in [-0.25, -0.2) is 9.97 Å². The van der Waals surface area contributed by atoms with Gasteiger partial charge in [0, 0.05) is 11.4 Å². The third-order valence-electron chi connectivity index (χ3n) is 1.50. The van der Waals surface area contributed by atoms with Crippen molar-refractivity contribution in [2.75, 3.05) is 0 Å². The third kappa shape index (κ3) is 2.99. The third-order valence-corrected chi connectivity index (χ3v) is 2.88. The molecule has 1 heterocycles. The van der Waals surface area contributed by atoms with Gasteiger partial charge in [-0.3, -0.25) is 0 Å². The summed E-state index contributed by atoms with van der Waals surface area (Å²) in [6.45, 7) is 4.32. The lowest BCUT2D eigenvalue weighted by Crippen LogP contribution is -1.94. The van der Waals surface area contributed by atoms with Crippen molar-refractivity contribution in [3.8, 4) is 0 Å². The quantitative estimate of drug-likeness (QED) is 0.428. The molecule has 0 fully saturated rings. The van der Waals surface area contributed by atoms with E-state index in [1.54, 1.807) is 18.0 Å². The van der Waals surface area contributed by atoms with Crippen LogP contribution in [0.25, 0.3) is 0 Å². The zero-order chi connectivity index (χ0) is 8.97. The second kappa shape index (κ2) is 4.67. The second-order valence-electron chi connectivity index (χ2n) is 2.50. The maximum atomic E-state index is 5.64. The summed E-state index contributed by atoms with van der Waals surface area (Å²) in [6, 6.07) is 1.88. The molecule has 0 saturated heterocycles. The highest BCUT2D eigenvalue weighted by Gasteiger charge is 2.02. The van der Waals surface area contributed by atoms with E-state index in [-0.39, 0.29) is 0 Å². The Morgan fingerprint density at radius 3 is 3.00 bits per heavy atom. The largest absolute Gasteiger partial charge is 0.226 e. The summed E-state index contributed by atoms with van der Waals surface area (Å²) >= 11 is 7.36. The van der Waals surface area contributed by atoms with Crippen molar-refractivity contribution in [1.29, 1.82) is 0 Å². The van der Waals surface area contributed by atoms with E-state index in [1.165, 1.54) is 0 Å². The molecule has 0 radical (unpaired) electrons. The van der Waals surface area contributed by atoms with E-state index >= 15 is 0 Å². The highest BCUT2D eigenvalue weighted by Crippen LogP contribution is 2.22. The SMILES string of the molecule is CCC(C)Sc1ccnc(Cl)n1. The van der Waals surface area contributed by atoms with E-state index in [4.69, 9.17) is 11.6 Å². The van der Waals surface area contributed by atoms with Crippen LogP contribution in [0.15, 0.2) is 17.3 Å². The summed E-state index contributed by atoms with van der Waals surface area (Å²) in [4.78, 5) is 7.89. The van der Waals surface area contributed by atoms with Crippen molar-refractivity contribution in [1.82, 2.24) is 9.97 Å². The predicted molar refractivity (Wildman–Crippen MR) is 52.7 cm³/mol. The minimum absolute atomic E-state index is 0.323. The number of hydrogen-bond acceptors (Lipinski definition) is 3. The Morgan fingerprint density at radius 1 is 1.67 bits per heavy atom. The van der Waals surface area contributed by atoms with Crippen molar-refractivity contribution in [3.63, 3.8) is 0 Å². The molecular weight excluding hydrogens is 192 g/mol. The topological polar surface area (TPSA) is 25.8 Å². The minimum atomic E-state index is 0.323. The molecule has 1 rings (SSSR count). The summed E-state index contributed by atoms with van der Waals surface area (Å²) in [7, 11) is 0. The van der Waals surface area contributed by atoms with Crippen LogP contribution in [-0.4, -0.2) is 15.2 Å². The van der Waals surface area contributed by atoms with Crippen LogP contribution in [0.3, 0.4) is 0 Å². The van der Waals surface area contributed by atoms with Gasteiger partial charge < -0.3 is 0 Å². The van der Waals surface area contributed by atoms with E-state index in [9.17, 15) is 0 Å². The van der Waals surface area contributed by atoms with Crippen LogP contribution >= 0.6 is 23.4 Å². The van der Waals surface area contributed by atoms with Gasteiger partial charge in [0.05, 0.1) is 0 Å². The van der Waals surface area contributed by atoms with Crippen molar-refractivity contribution in [3.05, 3.63) is 17.5 Å². The Bertz CT molecular complexity index is 255. The molecule has 0 N–H and O–H groups in total. The average molecular weight is 203 g/mol. The summed E-state index contributed by atoms with van der Waals surface area (Å²) in [5.41, 5.74) is 0. The van der Waals surface area contributed by atoms with Gasteiger partial charge in [0.1, 0.15) is 5.03 Å². The molecule has 1 aromatic heterocycles. The Hall–Kier alpha value is -0.280. The van der Waals surface area contributed by atoms with Crippen LogP contribution in [-0.2, 0) is 0 Å². The van der Waals surface area contributed by atoms with Gasteiger partial charge in [0.15, 0.2) is 0 Å². The first-order chi connectivity index (χ1) is 5.72. The summed E-state index contributed by atoms with van der Waals surface area (Å²) in [5, 5.41) is 1.85. The zero-order valence-electron chi connectivity index (χ0n) is 7.12. The molecule has 0 amide bonds. The molecule has 1 atom stereocenters. The zero-order valence-corrected chi connectivity index (χ0v) is 8.69. The molecule has 1 unspecified atom stereocenters. The lowest BCUT2D eigenvalue weighted by Gasteiger charge is -2.05. The molecule has 0 aliphatic carbocycles. The van der Waals surface area contributed by atoms with Gasteiger partial charge in [0.2, 0.25) is 5.28 Å². The lowest BCUT2D eigenvalue weighted by atomic mass is 10.4. The van der Waals surface area contributed by atoms with Crippen LogP contribution in [0.2, 0.25) is 5.28 Å². The standard InChI is InChI=1S/C8H11ClN2S/c1-3-6(2)12-7-4-5-10-8(9)11-7/h4-6H,3H2,1-2H3. The second-order valence-corrected chi connectivity index (χ2v) is 4.30. The molecule has 2 nitrogen and oxygen atoms in total. The number of aromatic nitrogens is 2. The Labute approximate surface area is 81.8 Å². The van der Waals surface area contributed by atoms with Crippen LogP contribution in [0.1, 0.15) is 20.3 Å². The molecule has 0 bridgehead atoms. The first-order valence-corrected chi connectivity index (χ1v) is 5.13. The Morgan fingerprint density at radius 2 is 2.42 bits per heavy atom. The predicted octanol–water partition coefficient (Wildman–Crippen LogP) is 3.02. The summed E-state index contributed by atoms with van der Waals surface area (Å²) < 4.78 is 0. The normalized spacial score (nSPS) is 12.9. The van der Waals surface area contributed by atoms with Gasteiger partial charge in [-0.1, -0.05) is 13.8 Å². The first kappa shape index (κ1) is 9.81. The lowest BCUT2D eigenvalue weighted by molar-refractivity contribution is 0.899. The van der Waals surface area contributed by atoms with Gasteiger partial charge in [-0.05, 0) is 24.1 Å². The molecule has 12 heavy (non-hydrogen) atoms. The number of thioether (sulfide) groups is 1. The van der Waals surface area contributed by atoms with Gasteiger partial charge in [-0.15, -0.1) is 11.8 Å². The highest BCUT2D eigenvalue weighted by molar-refractivity contribution is 7.99. The van der Waals surface area contributed by atoms with E-state index in [2.05, 4.69) is 23.8 Å². The first-order valence-electron chi connectivity index (χ1n) is 3.87. The Kier molecular flexibility index (Phi) is 3.82. The van der Waals surface area contributed by atoms with Gasteiger partial charge in [-0.2, -0.15) is 0 Å². The van der Waals surface area contributed by atoms with Crippen LogP contribution in [0.5, 0.6) is 0 Å². The van der Waals surface area contributed by atoms with Crippen LogP contribution < -0.4 is 0 Å². The van der Waals surface area contributed by atoms with E-state index in [0.717, 1.165) is 11.4 Å². The van der Waals surface area contributed by atoms with Gasteiger partial charge in [0.25, 0.3) is 0 Å². The molecular formula is C8H11ClN2S. The Balaban J connectivity index is 2.63. The van der Waals surface area contributed by atoms with Crippen molar-refractivity contribution >= 4 is 23.4 Å². The molecule has 4 heteroatoms. The fourth-order valence-corrected chi connectivity index (χ4v) is 1.73. The van der Waals surface area contributed by atoms with E-state index in [0.29, 0.717) is 10.5 Å². The maximum absolute atomic E-state index is 5.64. The van der Waals surface area contributed by atoms with Crippen molar-refractivity contribution in [2.24, 2.45) is 0 Å². The number of hydrogen-bond donors (Lipinski definition) is 0. The molecule has 66 valence electrons.